The molecule has 0 aliphatic carbocycles. The molecule has 170 valence electrons. The number of fused-ring (bicyclic) bond motifs is 1. The molecule has 0 amide bonds. The molecule has 0 bridgehead atoms. The second-order valence-corrected chi connectivity index (χ2v) is 9.18. The topological polar surface area (TPSA) is 69.9 Å². The SMILES string of the molecule is COC(=O)C1=C(C)N=c2s/c(=C/c3ccc(C(C)C)cc3)c(=O)n2C1c1ccc(OC)cc1. The summed E-state index contributed by atoms with van der Waals surface area (Å²) in [5.41, 5.74) is 3.65. The van der Waals surface area contributed by atoms with Gasteiger partial charge < -0.3 is 9.47 Å². The second-order valence-electron chi connectivity index (χ2n) is 8.17. The van der Waals surface area contributed by atoms with Crippen LogP contribution in [0, 0.1) is 0 Å². The summed E-state index contributed by atoms with van der Waals surface area (Å²) in [5, 5.41) is 0. The van der Waals surface area contributed by atoms with Crippen molar-refractivity contribution in [2.45, 2.75) is 32.7 Å². The number of hydrogen-bond donors (Lipinski definition) is 0. The first-order chi connectivity index (χ1) is 15.8. The van der Waals surface area contributed by atoms with Gasteiger partial charge in [0.05, 0.1) is 36.1 Å². The van der Waals surface area contributed by atoms with Crippen molar-refractivity contribution in [3.63, 3.8) is 0 Å². The van der Waals surface area contributed by atoms with Gasteiger partial charge in [0.15, 0.2) is 4.80 Å². The van der Waals surface area contributed by atoms with Crippen LogP contribution in [0.5, 0.6) is 5.75 Å². The van der Waals surface area contributed by atoms with Gasteiger partial charge in [-0.3, -0.25) is 9.36 Å². The Morgan fingerprint density at radius 3 is 2.33 bits per heavy atom. The Bertz CT molecular complexity index is 1390. The minimum absolute atomic E-state index is 0.193. The number of hydrogen-bond acceptors (Lipinski definition) is 6. The summed E-state index contributed by atoms with van der Waals surface area (Å²) in [4.78, 5) is 31.4. The number of nitrogens with zero attached hydrogens (tertiary/aromatic N) is 2. The van der Waals surface area contributed by atoms with Crippen molar-refractivity contribution in [2.24, 2.45) is 4.99 Å². The average molecular weight is 463 g/mol. The van der Waals surface area contributed by atoms with Gasteiger partial charge in [-0.25, -0.2) is 9.79 Å². The van der Waals surface area contributed by atoms with Gasteiger partial charge in [0.25, 0.3) is 5.56 Å². The van der Waals surface area contributed by atoms with Crippen LogP contribution in [0.15, 0.2) is 69.6 Å². The van der Waals surface area contributed by atoms with E-state index in [2.05, 4.69) is 31.0 Å². The van der Waals surface area contributed by atoms with E-state index >= 15 is 0 Å². The largest absolute Gasteiger partial charge is 0.497 e. The fourth-order valence-corrected chi connectivity index (χ4v) is 4.97. The summed E-state index contributed by atoms with van der Waals surface area (Å²) in [6, 6.07) is 14.9. The molecule has 0 saturated heterocycles. The highest BCUT2D eigenvalue weighted by atomic mass is 32.1. The van der Waals surface area contributed by atoms with Crippen LogP contribution in [0.4, 0.5) is 0 Å². The molecule has 1 aliphatic rings. The fourth-order valence-electron chi connectivity index (χ4n) is 3.92. The molecule has 1 aliphatic heterocycles. The van der Waals surface area contributed by atoms with Crippen molar-refractivity contribution in [3.8, 4) is 5.75 Å². The van der Waals surface area contributed by atoms with Crippen LogP contribution < -0.4 is 19.6 Å². The van der Waals surface area contributed by atoms with E-state index in [1.165, 1.54) is 24.0 Å². The number of thiazole rings is 1. The molecular formula is C26H26N2O4S. The first kappa shape index (κ1) is 22.7. The predicted octanol–water partition coefficient (Wildman–Crippen LogP) is 3.54. The lowest BCUT2D eigenvalue weighted by molar-refractivity contribution is -0.136. The number of rotatable bonds is 5. The van der Waals surface area contributed by atoms with Gasteiger partial charge in [-0.1, -0.05) is 61.6 Å². The van der Waals surface area contributed by atoms with Gasteiger partial charge in [0.1, 0.15) is 5.75 Å². The number of methoxy groups -OCH3 is 2. The van der Waals surface area contributed by atoms with Crippen molar-refractivity contribution >= 4 is 23.4 Å². The van der Waals surface area contributed by atoms with E-state index in [1.807, 2.05) is 42.5 Å². The molecule has 2 aromatic carbocycles. The van der Waals surface area contributed by atoms with Crippen LogP contribution in [0.3, 0.4) is 0 Å². The number of ether oxygens (including phenoxy) is 2. The van der Waals surface area contributed by atoms with Crippen LogP contribution in [-0.2, 0) is 9.53 Å². The number of carbonyl (C=O) groups is 1. The second kappa shape index (κ2) is 9.19. The lowest BCUT2D eigenvalue weighted by atomic mass is 9.96. The summed E-state index contributed by atoms with van der Waals surface area (Å²) >= 11 is 1.32. The number of allylic oxidation sites excluding steroid dienone is 1. The lowest BCUT2D eigenvalue weighted by Crippen LogP contribution is -2.39. The summed E-state index contributed by atoms with van der Waals surface area (Å²) < 4.78 is 12.5. The maximum Gasteiger partial charge on any atom is 0.338 e. The number of carbonyl (C=O) groups excluding carboxylic acids is 1. The van der Waals surface area contributed by atoms with E-state index in [4.69, 9.17) is 9.47 Å². The normalized spacial score (nSPS) is 15.9. The van der Waals surface area contributed by atoms with Gasteiger partial charge in [-0.05, 0) is 47.7 Å². The van der Waals surface area contributed by atoms with Crippen LogP contribution in [0.1, 0.15) is 49.4 Å². The van der Waals surface area contributed by atoms with E-state index in [0.29, 0.717) is 32.3 Å². The Labute approximate surface area is 196 Å². The Morgan fingerprint density at radius 2 is 1.76 bits per heavy atom. The first-order valence-corrected chi connectivity index (χ1v) is 11.5. The van der Waals surface area contributed by atoms with E-state index in [1.54, 1.807) is 18.6 Å². The van der Waals surface area contributed by atoms with E-state index in [9.17, 15) is 9.59 Å². The molecule has 4 rings (SSSR count). The molecule has 1 unspecified atom stereocenters. The van der Waals surface area contributed by atoms with Gasteiger partial charge in [-0.15, -0.1) is 0 Å². The zero-order valence-electron chi connectivity index (χ0n) is 19.3. The third-order valence-electron chi connectivity index (χ3n) is 5.76. The van der Waals surface area contributed by atoms with Crippen molar-refractivity contribution in [2.75, 3.05) is 14.2 Å². The third kappa shape index (κ3) is 4.28. The Morgan fingerprint density at radius 1 is 1.09 bits per heavy atom. The smallest absolute Gasteiger partial charge is 0.338 e. The molecule has 0 radical (unpaired) electrons. The van der Waals surface area contributed by atoms with Crippen molar-refractivity contribution in [3.05, 3.63) is 96.2 Å². The molecule has 2 heterocycles. The highest BCUT2D eigenvalue weighted by Crippen LogP contribution is 2.31. The minimum Gasteiger partial charge on any atom is -0.497 e. The standard InChI is InChI=1S/C26H26N2O4S/c1-15(2)18-8-6-17(7-9-18)14-21-24(29)28-23(19-10-12-20(31-4)13-11-19)22(25(30)32-5)16(3)27-26(28)33-21/h6-15,23H,1-5H3/b21-14+. The third-order valence-corrected chi connectivity index (χ3v) is 6.74. The lowest BCUT2D eigenvalue weighted by Gasteiger charge is -2.24. The molecular weight excluding hydrogens is 436 g/mol. The van der Waals surface area contributed by atoms with Crippen molar-refractivity contribution in [1.29, 1.82) is 0 Å². The maximum atomic E-state index is 13.5. The Balaban J connectivity index is 1.90. The van der Waals surface area contributed by atoms with Crippen molar-refractivity contribution in [1.82, 2.24) is 4.57 Å². The van der Waals surface area contributed by atoms with Gasteiger partial charge in [0, 0.05) is 0 Å². The molecule has 1 atom stereocenters. The van der Waals surface area contributed by atoms with Crippen LogP contribution in [0.25, 0.3) is 6.08 Å². The molecule has 1 aromatic heterocycles. The summed E-state index contributed by atoms with van der Waals surface area (Å²) in [5.74, 6) is 0.625. The molecule has 0 spiro atoms. The van der Waals surface area contributed by atoms with E-state index < -0.39 is 12.0 Å². The molecule has 3 aromatic rings. The van der Waals surface area contributed by atoms with Gasteiger partial charge in [-0.2, -0.15) is 0 Å². The summed E-state index contributed by atoms with van der Waals surface area (Å²) in [6.07, 6.45) is 1.87. The zero-order valence-corrected chi connectivity index (χ0v) is 20.1. The van der Waals surface area contributed by atoms with Gasteiger partial charge >= 0.3 is 5.97 Å². The first-order valence-electron chi connectivity index (χ1n) is 10.7. The molecule has 7 heteroatoms. The summed E-state index contributed by atoms with van der Waals surface area (Å²) in [6.45, 7) is 6.06. The quantitative estimate of drug-likeness (QED) is 0.544. The highest BCUT2D eigenvalue weighted by molar-refractivity contribution is 7.07. The monoisotopic (exact) mass is 462 g/mol. The Kier molecular flexibility index (Phi) is 6.33. The van der Waals surface area contributed by atoms with Crippen LogP contribution >= 0.6 is 11.3 Å². The Hall–Kier alpha value is -3.45. The fraction of sp³-hybridized carbons (Fsp3) is 0.269. The van der Waals surface area contributed by atoms with E-state index in [0.717, 1.165) is 11.1 Å². The highest BCUT2D eigenvalue weighted by Gasteiger charge is 2.33. The van der Waals surface area contributed by atoms with E-state index in [-0.39, 0.29) is 5.56 Å². The molecule has 0 fully saturated rings. The molecule has 0 N–H and O–H groups in total. The molecule has 33 heavy (non-hydrogen) atoms. The zero-order chi connectivity index (χ0) is 23.7. The number of esters is 1. The average Bonchev–Trinajstić information content (AvgIpc) is 3.12. The van der Waals surface area contributed by atoms with Gasteiger partial charge in [0.2, 0.25) is 0 Å². The minimum atomic E-state index is -0.634. The van der Waals surface area contributed by atoms with Crippen LogP contribution in [0.2, 0.25) is 0 Å². The van der Waals surface area contributed by atoms with Crippen molar-refractivity contribution < 1.29 is 14.3 Å². The summed E-state index contributed by atoms with van der Waals surface area (Å²) in [7, 11) is 2.93. The molecule has 0 saturated carbocycles. The molecule has 6 nitrogen and oxygen atoms in total. The number of benzene rings is 2. The maximum absolute atomic E-state index is 13.5. The number of aromatic nitrogens is 1. The predicted molar refractivity (Wildman–Crippen MR) is 129 cm³/mol. The van der Waals surface area contributed by atoms with Crippen LogP contribution in [-0.4, -0.2) is 24.8 Å².